The summed E-state index contributed by atoms with van der Waals surface area (Å²) in [4.78, 5) is 2.18. The van der Waals surface area contributed by atoms with Crippen LogP contribution in [0.2, 0.25) is 0 Å². The Bertz CT molecular complexity index is 1320. The van der Waals surface area contributed by atoms with Crippen LogP contribution in [0.4, 0.5) is 11.4 Å². The molecule has 0 saturated heterocycles. The Morgan fingerprint density at radius 1 is 0.514 bits per heavy atom. The Morgan fingerprint density at radius 3 is 1.29 bits per heavy atom. The van der Waals surface area contributed by atoms with Gasteiger partial charge >= 0.3 is 163 Å². The summed E-state index contributed by atoms with van der Waals surface area (Å²) in [5, 5.41) is 4.78. The fourth-order valence-electron chi connectivity index (χ4n) is 3.84. The van der Waals surface area contributed by atoms with Crippen LogP contribution in [-0.4, -0.2) is 4.51 Å². The molecule has 0 bridgehead atoms. The summed E-state index contributed by atoms with van der Waals surface area (Å²) >= 11 is -2.55. The maximum absolute atomic E-state index is 6.34. The standard InChI is InChI=1S/C20H14BN.2C5H5.2ClH.Zr/c21-22(19-13-5-9-15-7-1-3-11-17(15)19)20-14-6-10-16-8-2-4-12-18(16)20;2*1-2-4-5-3-1;;;/h1-14H;2*1-5H;2*1H;/q;2*-1;;;+2/p-2. The van der Waals surface area contributed by atoms with E-state index in [0.717, 1.165) is 11.4 Å². The molecule has 0 spiro atoms. The van der Waals surface area contributed by atoms with Crippen molar-refractivity contribution in [3.05, 3.63) is 146 Å². The smallest absolute Gasteiger partial charge is 0.172 e. The van der Waals surface area contributed by atoms with Crippen LogP contribution >= 0.6 is 17.0 Å². The first-order chi connectivity index (χ1) is 17.2. The molecule has 0 aromatic heterocycles. The van der Waals surface area contributed by atoms with E-state index >= 15 is 0 Å². The minimum absolute atomic E-state index is 1.11. The molecule has 6 rings (SSSR count). The van der Waals surface area contributed by atoms with Crippen molar-refractivity contribution < 1.29 is 18.6 Å². The van der Waals surface area contributed by atoms with E-state index in [0.29, 0.717) is 0 Å². The normalized spacial score (nSPS) is 9.89. The first-order valence-corrected chi connectivity index (χ1v) is 19.1. The zero-order valence-corrected chi connectivity index (χ0v) is 23.1. The van der Waals surface area contributed by atoms with E-state index < -0.39 is 18.6 Å². The second-order valence-electron chi connectivity index (χ2n) is 7.71. The van der Waals surface area contributed by atoms with E-state index in [4.69, 9.17) is 17.0 Å². The van der Waals surface area contributed by atoms with E-state index in [1.165, 1.54) is 21.5 Å². The largest absolute Gasteiger partial charge is 0.214 e. The Kier molecular flexibility index (Phi) is 9.84. The molecule has 0 radical (unpaired) electrons. The van der Waals surface area contributed by atoms with E-state index in [9.17, 15) is 0 Å². The molecule has 0 atom stereocenters. The van der Waals surface area contributed by atoms with Gasteiger partial charge in [-0.3, -0.25) is 0 Å². The average Bonchev–Trinajstić information content (AvgIpc) is 3.66. The molecule has 0 heterocycles. The second-order valence-corrected chi connectivity index (χ2v) is 15.7. The van der Waals surface area contributed by atoms with Crippen LogP contribution in [0.1, 0.15) is 0 Å². The van der Waals surface area contributed by atoms with Gasteiger partial charge in [-0.25, -0.2) is 24.3 Å². The molecule has 0 amide bonds. The molecule has 0 N–H and O–H groups in total. The van der Waals surface area contributed by atoms with Crippen molar-refractivity contribution in [2.75, 3.05) is 4.81 Å². The van der Waals surface area contributed by atoms with Gasteiger partial charge in [0.1, 0.15) is 0 Å². The van der Waals surface area contributed by atoms with Gasteiger partial charge in [-0.05, 0) is 0 Å². The fourth-order valence-corrected chi connectivity index (χ4v) is 6.16. The predicted octanol–water partition coefficient (Wildman–Crippen LogP) is 9.40. The van der Waals surface area contributed by atoms with Crippen molar-refractivity contribution in [1.82, 2.24) is 0 Å². The Labute approximate surface area is 222 Å². The van der Waals surface area contributed by atoms with Gasteiger partial charge < -0.3 is 0 Å². The van der Waals surface area contributed by atoms with Gasteiger partial charge in [0.2, 0.25) is 0 Å². The van der Waals surface area contributed by atoms with E-state index in [2.05, 4.69) is 89.7 Å². The summed E-state index contributed by atoms with van der Waals surface area (Å²) in [5.74, 6) is 0. The Hall–Kier alpha value is -2.57. The molecule has 0 aliphatic carbocycles. The van der Waals surface area contributed by atoms with Crippen molar-refractivity contribution in [1.29, 1.82) is 0 Å². The SMILES string of the molecule is [Cl][Zr]([Cl])=[B]N(c1cccc2ccccc12)c1cccc2ccccc12.c1cc[cH-]c1.c1cc[cH-]c1. The van der Waals surface area contributed by atoms with Gasteiger partial charge in [-0.2, -0.15) is 36.4 Å². The number of fused-ring (bicyclic) bond motifs is 2. The maximum atomic E-state index is 6.34. The first kappa shape index (κ1) is 25.5. The van der Waals surface area contributed by atoms with Crippen molar-refractivity contribution in [2.24, 2.45) is 0 Å². The summed E-state index contributed by atoms with van der Waals surface area (Å²) < 4.78 is 2.04. The number of nitrogens with zero attached hydrogens (tertiary/aromatic N) is 1. The van der Waals surface area contributed by atoms with Gasteiger partial charge in [-0.15, -0.1) is 0 Å². The van der Waals surface area contributed by atoms with Gasteiger partial charge in [0.15, 0.2) is 0 Å². The van der Waals surface area contributed by atoms with Gasteiger partial charge in [-0.1, -0.05) is 0 Å². The molecule has 6 aromatic carbocycles. The summed E-state index contributed by atoms with van der Waals surface area (Å²) in [6.45, 7) is 0. The topological polar surface area (TPSA) is 3.24 Å². The van der Waals surface area contributed by atoms with Crippen molar-refractivity contribution >= 4 is 54.5 Å². The number of hydrogen-bond donors (Lipinski definition) is 0. The van der Waals surface area contributed by atoms with E-state index in [-0.39, 0.29) is 0 Å². The third-order valence-corrected chi connectivity index (χ3v) is 7.66. The maximum Gasteiger partial charge on any atom is -0.172 e. The fraction of sp³-hybridized carbons (Fsp3) is 0. The minimum atomic E-state index is -2.55. The molecule has 0 fully saturated rings. The number of halogens is 2. The number of benzene rings is 4. The van der Waals surface area contributed by atoms with Crippen LogP contribution in [0.5, 0.6) is 0 Å². The van der Waals surface area contributed by atoms with Crippen LogP contribution < -0.4 is 4.81 Å². The van der Waals surface area contributed by atoms with Crippen molar-refractivity contribution in [3.8, 4) is 0 Å². The van der Waals surface area contributed by atoms with Crippen LogP contribution in [0.3, 0.4) is 0 Å². The Morgan fingerprint density at radius 2 is 0.914 bits per heavy atom. The molecule has 5 heteroatoms. The number of anilines is 2. The molecule has 6 aromatic rings. The predicted molar refractivity (Wildman–Crippen MR) is 152 cm³/mol. The molecule has 35 heavy (non-hydrogen) atoms. The quantitative estimate of drug-likeness (QED) is 0.151. The van der Waals surface area contributed by atoms with Gasteiger partial charge in [0.05, 0.1) is 0 Å². The summed E-state index contributed by atoms with van der Waals surface area (Å²) in [6, 6.07) is 49.4. The summed E-state index contributed by atoms with van der Waals surface area (Å²) in [5.41, 5.74) is 2.21. The van der Waals surface area contributed by atoms with Crippen LogP contribution in [0.25, 0.3) is 21.5 Å². The minimum Gasteiger partial charge on any atom is -0.214 e. The van der Waals surface area contributed by atoms with Gasteiger partial charge in [0, 0.05) is 0 Å². The molecule has 0 aliphatic rings. The molecule has 172 valence electrons. The van der Waals surface area contributed by atoms with Crippen molar-refractivity contribution in [3.63, 3.8) is 0 Å². The summed E-state index contributed by atoms with van der Waals surface area (Å²) in [7, 11) is 12.7. The first-order valence-electron chi connectivity index (χ1n) is 11.3. The summed E-state index contributed by atoms with van der Waals surface area (Å²) in [6.07, 6.45) is 0. The zero-order valence-electron chi connectivity index (χ0n) is 19.1. The van der Waals surface area contributed by atoms with Gasteiger partial charge in [0.25, 0.3) is 0 Å². The third kappa shape index (κ3) is 7.21. The molecular formula is C30H24BCl2NZr-2. The Balaban J connectivity index is 0.000000238. The number of hydrogen-bond acceptors (Lipinski definition) is 1. The molecule has 1 nitrogen and oxygen atoms in total. The average molecular weight is 571 g/mol. The molecule has 0 aliphatic heterocycles. The number of rotatable bonds is 3. The zero-order chi connectivity index (χ0) is 24.3. The van der Waals surface area contributed by atoms with E-state index in [1.807, 2.05) is 65.2 Å². The molecular weight excluding hydrogens is 547 g/mol. The van der Waals surface area contributed by atoms with Crippen LogP contribution in [0.15, 0.2) is 146 Å². The van der Waals surface area contributed by atoms with Crippen molar-refractivity contribution in [2.45, 2.75) is 0 Å². The van der Waals surface area contributed by atoms with Crippen LogP contribution in [0, 0.1) is 0 Å². The second kappa shape index (κ2) is 13.5. The monoisotopic (exact) mass is 569 g/mol. The van der Waals surface area contributed by atoms with Crippen LogP contribution in [-0.2, 0) is 18.6 Å². The van der Waals surface area contributed by atoms with E-state index in [1.54, 1.807) is 0 Å². The molecule has 0 unspecified atom stereocenters. The third-order valence-electron chi connectivity index (χ3n) is 5.39. The molecule has 0 saturated carbocycles.